The molecule has 3 aromatic rings. The zero-order valence-electron chi connectivity index (χ0n) is 15.0. The SMILES string of the molecule is O=C1C(=O)N(c2ccccc2)[C@H](c2ccc(F)cc2)C1=C(O)c1ccc(F)cc1. The fourth-order valence-corrected chi connectivity index (χ4v) is 3.41. The Kier molecular flexibility index (Phi) is 4.68. The van der Waals surface area contributed by atoms with Gasteiger partial charge in [-0.25, -0.2) is 8.78 Å². The highest BCUT2D eigenvalue weighted by molar-refractivity contribution is 6.51. The minimum Gasteiger partial charge on any atom is -0.507 e. The van der Waals surface area contributed by atoms with E-state index in [9.17, 15) is 23.5 Å². The van der Waals surface area contributed by atoms with Crippen LogP contribution in [0.25, 0.3) is 5.76 Å². The predicted octanol–water partition coefficient (Wildman–Crippen LogP) is 4.59. The smallest absolute Gasteiger partial charge is 0.300 e. The molecule has 0 unspecified atom stereocenters. The van der Waals surface area contributed by atoms with Gasteiger partial charge in [-0.3, -0.25) is 14.5 Å². The molecule has 0 saturated carbocycles. The molecule has 1 atom stereocenters. The summed E-state index contributed by atoms with van der Waals surface area (Å²) in [6.45, 7) is 0. The fraction of sp³-hybridized carbons (Fsp3) is 0.0435. The average molecular weight is 391 g/mol. The van der Waals surface area contributed by atoms with Crippen molar-refractivity contribution in [1.82, 2.24) is 0 Å². The maximum atomic E-state index is 13.5. The van der Waals surface area contributed by atoms with Crippen molar-refractivity contribution in [3.63, 3.8) is 0 Å². The van der Waals surface area contributed by atoms with Gasteiger partial charge in [0.1, 0.15) is 17.4 Å². The number of carbonyl (C=O) groups is 2. The Hall–Kier alpha value is -3.80. The maximum Gasteiger partial charge on any atom is 0.300 e. The van der Waals surface area contributed by atoms with E-state index in [0.29, 0.717) is 11.3 Å². The Morgan fingerprint density at radius 2 is 1.34 bits per heavy atom. The third-order valence-electron chi connectivity index (χ3n) is 4.78. The molecule has 3 aromatic carbocycles. The van der Waals surface area contributed by atoms with Gasteiger partial charge in [-0.15, -0.1) is 0 Å². The number of nitrogens with zero attached hydrogens (tertiary/aromatic N) is 1. The van der Waals surface area contributed by atoms with E-state index >= 15 is 0 Å². The van der Waals surface area contributed by atoms with Gasteiger partial charge in [0.15, 0.2) is 0 Å². The summed E-state index contributed by atoms with van der Waals surface area (Å²) in [5, 5.41) is 10.8. The summed E-state index contributed by atoms with van der Waals surface area (Å²) < 4.78 is 26.7. The van der Waals surface area contributed by atoms with Crippen LogP contribution in [0.5, 0.6) is 0 Å². The molecular weight excluding hydrogens is 376 g/mol. The molecule has 0 bridgehead atoms. The van der Waals surface area contributed by atoms with Gasteiger partial charge in [0, 0.05) is 11.3 Å². The number of Topliss-reactive ketones (excluding diaryl/α,β-unsaturated/α-hetero) is 1. The summed E-state index contributed by atoms with van der Waals surface area (Å²) in [6, 6.07) is 17.9. The Bertz CT molecular complexity index is 1110. The topological polar surface area (TPSA) is 57.6 Å². The van der Waals surface area contributed by atoms with Crippen molar-refractivity contribution in [1.29, 1.82) is 0 Å². The fourth-order valence-electron chi connectivity index (χ4n) is 3.41. The van der Waals surface area contributed by atoms with Crippen LogP contribution in [0.4, 0.5) is 14.5 Å². The van der Waals surface area contributed by atoms with Crippen molar-refractivity contribution in [2.45, 2.75) is 6.04 Å². The average Bonchev–Trinajstić information content (AvgIpc) is 3.00. The first kappa shape index (κ1) is 18.6. The molecule has 0 radical (unpaired) electrons. The van der Waals surface area contributed by atoms with E-state index in [1.54, 1.807) is 30.3 Å². The Balaban J connectivity index is 1.94. The number of rotatable bonds is 3. The summed E-state index contributed by atoms with van der Waals surface area (Å²) in [5.74, 6) is -3.07. The number of anilines is 1. The first-order valence-corrected chi connectivity index (χ1v) is 8.85. The summed E-state index contributed by atoms with van der Waals surface area (Å²) in [6.07, 6.45) is 0. The number of carbonyl (C=O) groups excluding carboxylic acids is 2. The quantitative estimate of drug-likeness (QED) is 0.404. The number of hydrogen-bond donors (Lipinski definition) is 1. The maximum absolute atomic E-state index is 13.5. The van der Waals surface area contributed by atoms with Crippen LogP contribution in [0.2, 0.25) is 0 Å². The van der Waals surface area contributed by atoms with Crippen LogP contribution >= 0.6 is 0 Å². The zero-order chi connectivity index (χ0) is 20.5. The standard InChI is InChI=1S/C23H15F2NO3/c24-16-10-6-14(7-11-16)20-19(21(27)15-8-12-17(25)13-9-15)22(28)23(29)26(20)18-4-2-1-3-5-18/h1-13,20,27H/t20-/m1/s1. The van der Waals surface area contributed by atoms with Gasteiger partial charge >= 0.3 is 0 Å². The van der Waals surface area contributed by atoms with Gasteiger partial charge in [-0.2, -0.15) is 0 Å². The van der Waals surface area contributed by atoms with Crippen molar-refractivity contribution in [3.8, 4) is 0 Å². The highest BCUT2D eigenvalue weighted by Crippen LogP contribution is 2.42. The molecule has 1 amide bonds. The summed E-state index contributed by atoms with van der Waals surface area (Å²) in [4.78, 5) is 27.0. The van der Waals surface area contributed by atoms with Crippen LogP contribution in [0.3, 0.4) is 0 Å². The summed E-state index contributed by atoms with van der Waals surface area (Å²) in [5.41, 5.74) is 0.974. The van der Waals surface area contributed by atoms with Gasteiger partial charge in [0.2, 0.25) is 0 Å². The lowest BCUT2D eigenvalue weighted by molar-refractivity contribution is -0.132. The van der Waals surface area contributed by atoms with E-state index in [4.69, 9.17) is 0 Å². The summed E-state index contributed by atoms with van der Waals surface area (Å²) in [7, 11) is 0. The highest BCUT2D eigenvalue weighted by atomic mass is 19.1. The Labute approximate surface area is 165 Å². The Morgan fingerprint density at radius 3 is 1.93 bits per heavy atom. The molecule has 1 fully saturated rings. The Morgan fingerprint density at radius 1 is 0.793 bits per heavy atom. The number of amides is 1. The normalized spacial score (nSPS) is 18.3. The van der Waals surface area contributed by atoms with Crippen LogP contribution in [-0.2, 0) is 9.59 Å². The number of hydrogen-bond acceptors (Lipinski definition) is 3. The first-order chi connectivity index (χ1) is 14.0. The number of benzene rings is 3. The number of para-hydroxylation sites is 1. The van der Waals surface area contributed by atoms with E-state index < -0.39 is 35.1 Å². The van der Waals surface area contributed by atoms with Gasteiger partial charge in [0.05, 0.1) is 11.6 Å². The van der Waals surface area contributed by atoms with Crippen molar-refractivity contribution in [3.05, 3.63) is 107 Å². The molecule has 29 heavy (non-hydrogen) atoms. The second-order valence-electron chi connectivity index (χ2n) is 6.56. The minimum atomic E-state index is -0.956. The predicted molar refractivity (Wildman–Crippen MR) is 104 cm³/mol. The lowest BCUT2D eigenvalue weighted by Gasteiger charge is -2.25. The van der Waals surface area contributed by atoms with Crippen LogP contribution in [-0.4, -0.2) is 16.8 Å². The molecule has 0 spiro atoms. The third-order valence-corrected chi connectivity index (χ3v) is 4.78. The second kappa shape index (κ2) is 7.31. The molecular formula is C23H15F2NO3. The molecule has 1 N–H and O–H groups in total. The van der Waals surface area contributed by atoms with E-state index in [1.807, 2.05) is 0 Å². The van der Waals surface area contributed by atoms with Gasteiger partial charge in [-0.1, -0.05) is 30.3 Å². The molecule has 1 aliphatic rings. The monoisotopic (exact) mass is 391 g/mol. The second-order valence-corrected chi connectivity index (χ2v) is 6.56. The number of ketones is 1. The lowest BCUT2D eigenvalue weighted by atomic mass is 9.95. The van der Waals surface area contributed by atoms with E-state index in [2.05, 4.69) is 0 Å². The van der Waals surface area contributed by atoms with Gasteiger partial charge in [-0.05, 0) is 54.1 Å². The van der Waals surface area contributed by atoms with Crippen LogP contribution in [0.15, 0.2) is 84.4 Å². The van der Waals surface area contributed by atoms with E-state index in [-0.39, 0.29) is 11.1 Å². The number of halogens is 2. The molecule has 4 rings (SSSR count). The van der Waals surface area contributed by atoms with Crippen molar-refractivity contribution in [2.24, 2.45) is 0 Å². The van der Waals surface area contributed by atoms with E-state index in [0.717, 1.165) is 12.1 Å². The van der Waals surface area contributed by atoms with Crippen LogP contribution in [0.1, 0.15) is 17.2 Å². The zero-order valence-corrected chi connectivity index (χ0v) is 15.0. The highest BCUT2D eigenvalue weighted by Gasteiger charge is 2.46. The van der Waals surface area contributed by atoms with E-state index in [1.165, 1.54) is 41.3 Å². The number of aliphatic hydroxyl groups is 1. The van der Waals surface area contributed by atoms with Crippen molar-refractivity contribution >= 4 is 23.1 Å². The van der Waals surface area contributed by atoms with Crippen LogP contribution in [0, 0.1) is 11.6 Å². The van der Waals surface area contributed by atoms with Crippen molar-refractivity contribution in [2.75, 3.05) is 4.90 Å². The first-order valence-electron chi connectivity index (χ1n) is 8.85. The molecule has 1 heterocycles. The molecule has 1 aliphatic heterocycles. The minimum absolute atomic E-state index is 0.142. The largest absolute Gasteiger partial charge is 0.507 e. The molecule has 0 aliphatic carbocycles. The van der Waals surface area contributed by atoms with Crippen LogP contribution < -0.4 is 4.90 Å². The van der Waals surface area contributed by atoms with Gasteiger partial charge in [0.25, 0.3) is 11.7 Å². The third kappa shape index (κ3) is 3.29. The van der Waals surface area contributed by atoms with Gasteiger partial charge < -0.3 is 5.11 Å². The molecule has 0 aromatic heterocycles. The molecule has 1 saturated heterocycles. The van der Waals surface area contributed by atoms with Crippen molar-refractivity contribution < 1.29 is 23.5 Å². The molecule has 4 nitrogen and oxygen atoms in total. The summed E-state index contributed by atoms with van der Waals surface area (Å²) >= 11 is 0. The molecule has 144 valence electrons. The lowest BCUT2D eigenvalue weighted by Crippen LogP contribution is -2.29. The number of aliphatic hydroxyl groups excluding tert-OH is 1. The molecule has 6 heteroatoms.